The maximum absolute atomic E-state index is 6.76. The average molecular weight is 724 g/mol. The SMILES string of the molecule is C1=CC(n2c3c(c4ccc5c6ccccc6oc5c42)CC(c2cccc4c2sc2ccccc24)C=C3)CC=C1c1nc(-c2ccccc2)c2ccccc2n1. The van der Waals surface area contributed by atoms with Crippen molar-refractivity contribution in [1.29, 1.82) is 0 Å². The highest BCUT2D eigenvalue weighted by molar-refractivity contribution is 7.26. The molecule has 2 atom stereocenters. The van der Waals surface area contributed by atoms with Crippen molar-refractivity contribution in [3.8, 4) is 11.3 Å². The Bertz CT molecular complexity index is 3290. The van der Waals surface area contributed by atoms with E-state index in [0.717, 1.165) is 68.3 Å². The van der Waals surface area contributed by atoms with Crippen LogP contribution in [0.5, 0.6) is 0 Å². The lowest BCUT2D eigenvalue weighted by molar-refractivity contribution is 0.613. The lowest BCUT2D eigenvalue weighted by Crippen LogP contribution is -2.13. The Labute approximate surface area is 321 Å². The maximum atomic E-state index is 6.76. The summed E-state index contributed by atoms with van der Waals surface area (Å²) < 4.78 is 12.0. The first-order chi connectivity index (χ1) is 27.3. The van der Waals surface area contributed by atoms with Gasteiger partial charge in [-0.25, -0.2) is 9.97 Å². The van der Waals surface area contributed by atoms with Crippen LogP contribution in [0.2, 0.25) is 0 Å². The van der Waals surface area contributed by atoms with E-state index in [4.69, 9.17) is 14.4 Å². The summed E-state index contributed by atoms with van der Waals surface area (Å²) in [5.41, 5.74) is 11.2. The van der Waals surface area contributed by atoms with Gasteiger partial charge in [-0.05, 0) is 54.3 Å². The van der Waals surface area contributed by atoms with E-state index in [1.54, 1.807) is 0 Å². The zero-order valence-electron chi connectivity index (χ0n) is 29.8. The first-order valence-electron chi connectivity index (χ1n) is 19.0. The van der Waals surface area contributed by atoms with Crippen LogP contribution in [0, 0.1) is 0 Å². The fourth-order valence-corrected chi connectivity index (χ4v) is 10.4. The van der Waals surface area contributed by atoms with Gasteiger partial charge in [-0.15, -0.1) is 11.3 Å². The fraction of sp³-hybridized carbons (Fsp3) is 0.0800. The Balaban J connectivity index is 0.994. The summed E-state index contributed by atoms with van der Waals surface area (Å²) >= 11 is 1.92. The second kappa shape index (κ2) is 12.0. The summed E-state index contributed by atoms with van der Waals surface area (Å²) in [7, 11) is 0. The molecule has 2 aliphatic carbocycles. The Hall–Kier alpha value is -6.56. The van der Waals surface area contributed by atoms with Crippen molar-refractivity contribution in [2.75, 3.05) is 0 Å². The van der Waals surface area contributed by atoms with E-state index in [1.807, 2.05) is 17.4 Å². The van der Waals surface area contributed by atoms with Crippen LogP contribution >= 0.6 is 11.3 Å². The summed E-state index contributed by atoms with van der Waals surface area (Å²) in [6.07, 6.45) is 13.5. The summed E-state index contributed by atoms with van der Waals surface area (Å²) in [4.78, 5) is 10.2. The Kier molecular flexibility index (Phi) is 6.72. The Morgan fingerprint density at radius 1 is 0.636 bits per heavy atom. The first-order valence-corrected chi connectivity index (χ1v) is 19.8. The van der Waals surface area contributed by atoms with E-state index >= 15 is 0 Å². The van der Waals surface area contributed by atoms with Gasteiger partial charge < -0.3 is 8.98 Å². The largest absolute Gasteiger partial charge is 0.454 e. The molecule has 2 aliphatic rings. The maximum Gasteiger partial charge on any atom is 0.160 e. The summed E-state index contributed by atoms with van der Waals surface area (Å²) in [5.74, 6) is 1.02. The molecule has 2 unspecified atom stereocenters. The first kappa shape index (κ1) is 30.9. The molecule has 260 valence electrons. The number of nitrogens with zero attached hydrogens (tertiary/aromatic N) is 3. The highest BCUT2D eigenvalue weighted by Crippen LogP contribution is 2.46. The Morgan fingerprint density at radius 3 is 2.31 bits per heavy atom. The van der Waals surface area contributed by atoms with Crippen LogP contribution in [0.3, 0.4) is 0 Å². The number of allylic oxidation sites excluding steroid dienone is 5. The third-order valence-corrected chi connectivity index (χ3v) is 13.0. The molecule has 0 amide bonds. The molecular formula is C50H33N3OS. The van der Waals surface area contributed by atoms with Crippen LogP contribution in [0.25, 0.3) is 86.8 Å². The molecule has 10 aromatic rings. The minimum absolute atomic E-state index is 0.0927. The quantitative estimate of drug-likeness (QED) is 0.182. The minimum atomic E-state index is 0.0927. The molecule has 0 radical (unpaired) electrons. The zero-order valence-corrected chi connectivity index (χ0v) is 30.6. The second-order valence-corrected chi connectivity index (χ2v) is 15.8. The highest BCUT2D eigenvalue weighted by Gasteiger charge is 2.29. The number of hydrogen-bond acceptors (Lipinski definition) is 4. The predicted octanol–water partition coefficient (Wildman–Crippen LogP) is 13.5. The van der Waals surface area contributed by atoms with Crippen molar-refractivity contribution in [3.05, 3.63) is 180 Å². The zero-order chi connectivity index (χ0) is 36.0. The third-order valence-electron chi connectivity index (χ3n) is 11.7. The topological polar surface area (TPSA) is 43.9 Å². The van der Waals surface area contributed by atoms with Crippen molar-refractivity contribution >= 4 is 86.9 Å². The smallest absolute Gasteiger partial charge is 0.160 e. The molecule has 0 spiro atoms. The number of benzene rings is 6. The highest BCUT2D eigenvalue weighted by atomic mass is 32.1. The molecule has 12 rings (SSSR count). The van der Waals surface area contributed by atoms with Gasteiger partial charge in [0.2, 0.25) is 0 Å². The van der Waals surface area contributed by atoms with E-state index in [0.29, 0.717) is 0 Å². The molecule has 0 fully saturated rings. The monoisotopic (exact) mass is 723 g/mol. The Morgan fingerprint density at radius 2 is 1.42 bits per heavy atom. The number of fused-ring (bicyclic) bond motifs is 11. The molecule has 0 saturated carbocycles. The minimum Gasteiger partial charge on any atom is -0.454 e. The molecular weight excluding hydrogens is 691 g/mol. The van der Waals surface area contributed by atoms with Gasteiger partial charge in [0.15, 0.2) is 11.4 Å². The van der Waals surface area contributed by atoms with Crippen LogP contribution < -0.4 is 0 Å². The predicted molar refractivity (Wildman–Crippen MR) is 230 cm³/mol. The molecule has 5 heteroatoms. The molecule has 0 bridgehead atoms. The van der Waals surface area contributed by atoms with Crippen molar-refractivity contribution in [3.63, 3.8) is 0 Å². The number of hydrogen-bond donors (Lipinski definition) is 0. The van der Waals surface area contributed by atoms with Crippen molar-refractivity contribution in [1.82, 2.24) is 14.5 Å². The number of furan rings is 1. The molecule has 4 aromatic heterocycles. The van der Waals surface area contributed by atoms with E-state index in [2.05, 4.69) is 162 Å². The summed E-state index contributed by atoms with van der Waals surface area (Å²) in [6.45, 7) is 0. The van der Waals surface area contributed by atoms with Crippen molar-refractivity contribution in [2.24, 2.45) is 0 Å². The fourth-order valence-electron chi connectivity index (χ4n) is 9.16. The van der Waals surface area contributed by atoms with Gasteiger partial charge in [0.25, 0.3) is 0 Å². The number of rotatable bonds is 4. The molecule has 6 aromatic carbocycles. The standard InChI is InChI=1S/C50H33N3OS/c1-2-11-30(12-3-1)46-40-15-4-7-18-42(40)51-50(52-46)31-21-24-33(25-22-31)53-43-28-23-32(34-16-10-17-39-36-14-6-9-20-45(36)55-49(34)39)29-41(43)37-26-27-38-35-13-5-8-19-44(35)54-48(38)47(37)53/h1-24,26-28,32-33H,25,29H2. The van der Waals surface area contributed by atoms with Crippen LogP contribution in [0.1, 0.15) is 41.0 Å². The second-order valence-electron chi connectivity index (χ2n) is 14.8. The van der Waals surface area contributed by atoms with E-state index in [-0.39, 0.29) is 12.0 Å². The van der Waals surface area contributed by atoms with Gasteiger partial charge >= 0.3 is 0 Å². The number of para-hydroxylation sites is 2. The lowest BCUT2D eigenvalue weighted by atomic mass is 9.86. The van der Waals surface area contributed by atoms with E-state index in [9.17, 15) is 0 Å². The van der Waals surface area contributed by atoms with Gasteiger partial charge in [0, 0.05) is 64.5 Å². The normalized spacial score (nSPS) is 16.9. The lowest BCUT2D eigenvalue weighted by Gasteiger charge is -2.24. The van der Waals surface area contributed by atoms with Crippen LogP contribution in [-0.2, 0) is 6.42 Å². The van der Waals surface area contributed by atoms with Crippen LogP contribution in [0.15, 0.2) is 162 Å². The summed E-state index contributed by atoms with van der Waals surface area (Å²) in [5, 5.41) is 7.33. The van der Waals surface area contributed by atoms with Crippen LogP contribution in [0.4, 0.5) is 0 Å². The van der Waals surface area contributed by atoms with Gasteiger partial charge in [-0.2, -0.15) is 0 Å². The van der Waals surface area contributed by atoms with Gasteiger partial charge in [-0.3, -0.25) is 0 Å². The van der Waals surface area contributed by atoms with Gasteiger partial charge in [-0.1, -0.05) is 133 Å². The average Bonchev–Trinajstić information content (AvgIpc) is 3.93. The van der Waals surface area contributed by atoms with Crippen molar-refractivity contribution < 1.29 is 4.42 Å². The molecule has 55 heavy (non-hydrogen) atoms. The summed E-state index contributed by atoms with van der Waals surface area (Å²) in [6, 6.07) is 47.5. The van der Waals surface area contributed by atoms with Crippen molar-refractivity contribution in [2.45, 2.75) is 24.8 Å². The van der Waals surface area contributed by atoms with Crippen LogP contribution in [-0.4, -0.2) is 14.5 Å². The number of aromatic nitrogens is 3. The van der Waals surface area contributed by atoms with Gasteiger partial charge in [0.1, 0.15) is 5.58 Å². The number of thiophene rings is 1. The van der Waals surface area contributed by atoms with Gasteiger partial charge in [0.05, 0.1) is 22.8 Å². The molecule has 0 saturated heterocycles. The molecule has 0 aliphatic heterocycles. The van der Waals surface area contributed by atoms with E-state index < -0.39 is 0 Å². The molecule has 4 heterocycles. The van der Waals surface area contributed by atoms with E-state index in [1.165, 1.54) is 47.9 Å². The molecule has 4 nitrogen and oxygen atoms in total. The third kappa shape index (κ3) is 4.70. The molecule has 0 N–H and O–H groups in total.